The summed E-state index contributed by atoms with van der Waals surface area (Å²) in [5.41, 5.74) is 2.90. The van der Waals surface area contributed by atoms with E-state index in [4.69, 9.17) is 9.47 Å². The average Bonchev–Trinajstić information content (AvgIpc) is 3.29. The maximum absolute atomic E-state index is 12.9. The molecule has 0 aliphatic carbocycles. The molecule has 0 saturated carbocycles. The van der Waals surface area contributed by atoms with Crippen molar-refractivity contribution in [3.63, 3.8) is 0 Å². The van der Waals surface area contributed by atoms with Crippen LogP contribution in [0.2, 0.25) is 0 Å². The molecule has 4 rings (SSSR count). The molecule has 30 heavy (non-hydrogen) atoms. The molecule has 1 heterocycles. The number of benzene rings is 3. The van der Waals surface area contributed by atoms with Gasteiger partial charge in [-0.2, -0.15) is 0 Å². The summed E-state index contributed by atoms with van der Waals surface area (Å²) < 4.78 is 11.2. The second-order valence-corrected chi connectivity index (χ2v) is 8.11. The summed E-state index contributed by atoms with van der Waals surface area (Å²) in [5.74, 6) is 2.41. The molecule has 2 amide bonds. The van der Waals surface area contributed by atoms with Crippen molar-refractivity contribution in [3.8, 4) is 11.5 Å². The van der Waals surface area contributed by atoms with Gasteiger partial charge in [-0.15, -0.1) is 11.8 Å². The molecule has 3 aromatic carbocycles. The zero-order valence-electron chi connectivity index (χ0n) is 16.8. The number of carbonyl (C=O) groups is 1. The van der Waals surface area contributed by atoms with E-state index >= 15 is 0 Å². The number of anilines is 1. The molecule has 1 aliphatic heterocycles. The third kappa shape index (κ3) is 4.89. The van der Waals surface area contributed by atoms with Gasteiger partial charge < -0.3 is 19.7 Å². The number of methoxy groups -OCH3 is 1. The van der Waals surface area contributed by atoms with Gasteiger partial charge in [0.05, 0.1) is 7.11 Å². The molecule has 1 N–H and O–H groups in total. The molecule has 0 aromatic heterocycles. The first-order valence-electron chi connectivity index (χ1n) is 9.83. The molecule has 154 valence electrons. The van der Waals surface area contributed by atoms with Crippen LogP contribution in [0.1, 0.15) is 16.5 Å². The smallest absolute Gasteiger partial charge is 0.323 e. The van der Waals surface area contributed by atoms with Gasteiger partial charge in [0.15, 0.2) is 0 Å². The monoisotopic (exact) mass is 420 g/mol. The second-order valence-electron chi connectivity index (χ2n) is 6.93. The summed E-state index contributed by atoms with van der Waals surface area (Å²) in [5, 5.41) is 2.94. The van der Waals surface area contributed by atoms with E-state index < -0.39 is 0 Å². The van der Waals surface area contributed by atoms with Crippen LogP contribution >= 0.6 is 11.8 Å². The van der Waals surface area contributed by atoms with Gasteiger partial charge in [-0.05, 0) is 35.4 Å². The number of nitrogens with one attached hydrogen (secondary N) is 1. The third-order valence-electron chi connectivity index (χ3n) is 4.86. The summed E-state index contributed by atoms with van der Waals surface area (Å²) in [6, 6.07) is 25.4. The highest BCUT2D eigenvalue weighted by Crippen LogP contribution is 2.39. The largest absolute Gasteiger partial charge is 0.497 e. The third-order valence-corrected chi connectivity index (χ3v) is 6.13. The number of hydrogen-bond donors (Lipinski definition) is 1. The van der Waals surface area contributed by atoms with Gasteiger partial charge in [-0.25, -0.2) is 4.79 Å². The molecule has 3 aromatic rings. The van der Waals surface area contributed by atoms with Crippen molar-refractivity contribution in [1.29, 1.82) is 0 Å². The van der Waals surface area contributed by atoms with E-state index in [1.165, 1.54) is 0 Å². The van der Waals surface area contributed by atoms with Crippen molar-refractivity contribution in [3.05, 3.63) is 90.0 Å². The van der Waals surface area contributed by atoms with E-state index in [9.17, 15) is 4.79 Å². The van der Waals surface area contributed by atoms with Crippen molar-refractivity contribution in [1.82, 2.24) is 4.90 Å². The van der Waals surface area contributed by atoms with Gasteiger partial charge in [-0.3, -0.25) is 0 Å². The van der Waals surface area contributed by atoms with Crippen LogP contribution in [-0.4, -0.2) is 30.3 Å². The van der Waals surface area contributed by atoms with Crippen LogP contribution in [0.3, 0.4) is 0 Å². The normalized spacial score (nSPS) is 15.6. The fourth-order valence-electron chi connectivity index (χ4n) is 3.35. The lowest BCUT2D eigenvalue weighted by Gasteiger charge is -2.25. The van der Waals surface area contributed by atoms with Gasteiger partial charge >= 0.3 is 6.03 Å². The van der Waals surface area contributed by atoms with E-state index in [0.29, 0.717) is 18.9 Å². The molecular formula is C24H24N2O3S. The zero-order chi connectivity index (χ0) is 20.8. The van der Waals surface area contributed by atoms with Gasteiger partial charge in [0.25, 0.3) is 0 Å². The molecular weight excluding hydrogens is 396 g/mol. The van der Waals surface area contributed by atoms with E-state index in [1.807, 2.05) is 83.8 Å². The molecule has 0 bridgehead atoms. The molecule has 5 nitrogen and oxygen atoms in total. The standard InChI is InChI=1S/C24H24N2O3S/c1-28-21-11-6-10-20(16-21)25-24(27)26-13-14-30-23(26)19-9-5-12-22(15-19)29-17-18-7-3-2-4-8-18/h2-12,15-16,23H,13-14,17H2,1H3,(H,25,27)/t23-/m0/s1. The molecule has 0 spiro atoms. The minimum Gasteiger partial charge on any atom is -0.497 e. The van der Waals surface area contributed by atoms with Crippen molar-refractivity contribution in [2.24, 2.45) is 0 Å². The van der Waals surface area contributed by atoms with Crippen LogP contribution in [0.25, 0.3) is 0 Å². The Bertz CT molecular complexity index is 997. The van der Waals surface area contributed by atoms with Crippen molar-refractivity contribution >= 4 is 23.5 Å². The zero-order valence-corrected chi connectivity index (χ0v) is 17.6. The summed E-state index contributed by atoms with van der Waals surface area (Å²) in [6.07, 6.45) is 0. The molecule has 1 saturated heterocycles. The highest BCUT2D eigenvalue weighted by molar-refractivity contribution is 7.99. The Morgan fingerprint density at radius 2 is 1.83 bits per heavy atom. The number of nitrogens with zero attached hydrogens (tertiary/aromatic N) is 1. The van der Waals surface area contributed by atoms with Gasteiger partial charge in [0.2, 0.25) is 0 Å². The SMILES string of the molecule is COc1cccc(NC(=O)N2CCS[C@H]2c2cccc(OCc3ccccc3)c2)c1. The van der Waals surface area contributed by atoms with Gasteiger partial charge in [0, 0.05) is 24.1 Å². The van der Waals surface area contributed by atoms with E-state index in [0.717, 1.165) is 28.3 Å². The lowest BCUT2D eigenvalue weighted by Crippen LogP contribution is -2.34. The lowest BCUT2D eigenvalue weighted by molar-refractivity contribution is 0.214. The van der Waals surface area contributed by atoms with E-state index in [-0.39, 0.29) is 11.4 Å². The quantitative estimate of drug-likeness (QED) is 0.568. The molecule has 1 fully saturated rings. The van der Waals surface area contributed by atoms with Crippen LogP contribution in [-0.2, 0) is 6.61 Å². The van der Waals surface area contributed by atoms with Crippen molar-refractivity contribution in [2.75, 3.05) is 24.7 Å². The minimum atomic E-state index is -0.117. The Hall–Kier alpha value is -3.12. The summed E-state index contributed by atoms with van der Waals surface area (Å²) in [7, 11) is 1.61. The first kappa shape index (κ1) is 20.2. The molecule has 6 heteroatoms. The Labute approximate surface area is 181 Å². The van der Waals surface area contributed by atoms with Crippen molar-refractivity contribution in [2.45, 2.75) is 12.0 Å². The van der Waals surface area contributed by atoms with Gasteiger partial charge in [0.1, 0.15) is 23.5 Å². The van der Waals surface area contributed by atoms with Crippen LogP contribution in [0.5, 0.6) is 11.5 Å². The fraction of sp³-hybridized carbons (Fsp3) is 0.208. The van der Waals surface area contributed by atoms with Crippen LogP contribution in [0, 0.1) is 0 Å². The molecule has 1 aliphatic rings. The number of urea groups is 1. The van der Waals surface area contributed by atoms with Crippen LogP contribution < -0.4 is 14.8 Å². The summed E-state index contributed by atoms with van der Waals surface area (Å²) in [4.78, 5) is 14.8. The molecule has 0 radical (unpaired) electrons. The number of thioether (sulfide) groups is 1. The first-order chi connectivity index (χ1) is 14.7. The Morgan fingerprint density at radius 3 is 2.67 bits per heavy atom. The maximum atomic E-state index is 12.9. The van der Waals surface area contributed by atoms with Gasteiger partial charge in [-0.1, -0.05) is 48.5 Å². The van der Waals surface area contributed by atoms with E-state index in [1.54, 1.807) is 18.9 Å². The maximum Gasteiger partial charge on any atom is 0.323 e. The Morgan fingerprint density at radius 1 is 1.03 bits per heavy atom. The average molecular weight is 421 g/mol. The topological polar surface area (TPSA) is 50.8 Å². The number of amides is 2. The molecule has 0 unspecified atom stereocenters. The van der Waals surface area contributed by atoms with Crippen LogP contribution in [0.15, 0.2) is 78.9 Å². The van der Waals surface area contributed by atoms with E-state index in [2.05, 4.69) is 5.32 Å². The molecule has 1 atom stereocenters. The highest BCUT2D eigenvalue weighted by Gasteiger charge is 2.31. The second kappa shape index (κ2) is 9.59. The van der Waals surface area contributed by atoms with Crippen LogP contribution in [0.4, 0.5) is 10.5 Å². The first-order valence-corrected chi connectivity index (χ1v) is 10.9. The predicted molar refractivity (Wildman–Crippen MR) is 121 cm³/mol. The fourth-order valence-corrected chi connectivity index (χ4v) is 4.59. The minimum absolute atomic E-state index is 0.0455. The Kier molecular flexibility index (Phi) is 6.44. The number of rotatable bonds is 6. The van der Waals surface area contributed by atoms with Crippen molar-refractivity contribution < 1.29 is 14.3 Å². The summed E-state index contributed by atoms with van der Waals surface area (Å²) in [6.45, 7) is 1.21. The number of carbonyl (C=O) groups excluding carboxylic acids is 1. The number of ether oxygens (including phenoxy) is 2. The summed E-state index contributed by atoms with van der Waals surface area (Å²) >= 11 is 1.76. The highest BCUT2D eigenvalue weighted by atomic mass is 32.2. The predicted octanol–water partition coefficient (Wildman–Crippen LogP) is 5.55. The Balaban J connectivity index is 1.44. The lowest BCUT2D eigenvalue weighted by atomic mass is 10.2. The number of hydrogen-bond acceptors (Lipinski definition) is 4.